The first-order valence-corrected chi connectivity index (χ1v) is 5.11. The van der Waals surface area contributed by atoms with Crippen LogP contribution >= 0.6 is 11.6 Å². The molecule has 0 fully saturated rings. The van der Waals surface area contributed by atoms with Crippen LogP contribution in [0.2, 0.25) is 5.02 Å². The lowest BCUT2D eigenvalue weighted by molar-refractivity contribution is 0.199. The van der Waals surface area contributed by atoms with Crippen LogP contribution in [0.1, 0.15) is 23.2 Å². The highest BCUT2D eigenvalue weighted by Crippen LogP contribution is 2.25. The lowest BCUT2D eigenvalue weighted by Gasteiger charge is -2.10. The van der Waals surface area contributed by atoms with Crippen LogP contribution < -0.4 is 0 Å². The molecule has 0 aromatic carbocycles. The van der Waals surface area contributed by atoms with E-state index in [1.807, 2.05) is 6.92 Å². The molecular weight excluding hydrogens is 228 g/mol. The number of aliphatic hydroxyl groups excluding tert-OH is 1. The van der Waals surface area contributed by atoms with Gasteiger partial charge in [-0.05, 0) is 12.5 Å². The number of hydrogen-bond acceptors (Lipinski definition) is 4. The fourth-order valence-corrected chi connectivity index (χ4v) is 1.66. The summed E-state index contributed by atoms with van der Waals surface area (Å²) in [5.74, 6) is 0.316. The second kappa shape index (κ2) is 4.19. The molecule has 84 valence electrons. The summed E-state index contributed by atoms with van der Waals surface area (Å²) in [4.78, 5) is 8.11. The van der Waals surface area contributed by atoms with Crippen molar-refractivity contribution < 1.29 is 5.11 Å². The Bertz CT molecular complexity index is 475. The first kappa shape index (κ1) is 11.0. The van der Waals surface area contributed by atoms with Crippen molar-refractivity contribution >= 4 is 11.6 Å². The maximum atomic E-state index is 10.1. The zero-order chi connectivity index (χ0) is 11.7. The molecule has 2 rings (SSSR count). The molecule has 16 heavy (non-hydrogen) atoms. The second-order valence-electron chi connectivity index (χ2n) is 3.52. The molecule has 1 N–H and O–H groups in total. The number of aromatic nitrogens is 4. The third kappa shape index (κ3) is 1.91. The summed E-state index contributed by atoms with van der Waals surface area (Å²) < 4.78 is 1.51. The molecule has 1 atom stereocenters. The van der Waals surface area contributed by atoms with Gasteiger partial charge in [-0.3, -0.25) is 4.68 Å². The van der Waals surface area contributed by atoms with Gasteiger partial charge in [0.05, 0.1) is 16.9 Å². The number of aliphatic hydroxyl groups is 1. The molecule has 0 saturated heterocycles. The minimum Gasteiger partial charge on any atom is -0.379 e. The zero-order valence-corrected chi connectivity index (χ0v) is 9.68. The van der Waals surface area contributed by atoms with E-state index in [-0.39, 0.29) is 0 Å². The molecule has 5 nitrogen and oxygen atoms in total. The summed E-state index contributed by atoms with van der Waals surface area (Å²) >= 11 is 5.92. The van der Waals surface area contributed by atoms with Gasteiger partial charge in [-0.2, -0.15) is 5.10 Å². The second-order valence-corrected chi connectivity index (χ2v) is 3.93. The van der Waals surface area contributed by atoms with Crippen molar-refractivity contribution in [2.45, 2.75) is 13.0 Å². The van der Waals surface area contributed by atoms with Crippen molar-refractivity contribution in [2.75, 3.05) is 0 Å². The van der Waals surface area contributed by atoms with E-state index in [0.29, 0.717) is 16.5 Å². The molecule has 0 aliphatic heterocycles. The van der Waals surface area contributed by atoms with E-state index in [4.69, 9.17) is 11.6 Å². The van der Waals surface area contributed by atoms with E-state index in [9.17, 15) is 5.11 Å². The first-order chi connectivity index (χ1) is 7.59. The molecule has 0 aliphatic rings. The molecule has 0 amide bonds. The predicted octanol–water partition coefficient (Wildman–Crippen LogP) is 1.25. The molecule has 1 unspecified atom stereocenters. The van der Waals surface area contributed by atoms with Crippen LogP contribution in [0, 0.1) is 6.92 Å². The summed E-state index contributed by atoms with van der Waals surface area (Å²) in [5.41, 5.74) is 1.43. The van der Waals surface area contributed by atoms with Gasteiger partial charge in [0.2, 0.25) is 0 Å². The van der Waals surface area contributed by atoms with E-state index in [2.05, 4.69) is 15.1 Å². The number of aryl methyl sites for hydroxylation is 2. The molecule has 0 aliphatic carbocycles. The molecule has 0 radical (unpaired) electrons. The SMILES string of the molecule is Cc1cnc(C(O)c2c(Cl)cnn2C)nc1. The highest BCUT2D eigenvalue weighted by molar-refractivity contribution is 6.31. The van der Waals surface area contributed by atoms with Crippen LogP contribution in [0.4, 0.5) is 0 Å². The van der Waals surface area contributed by atoms with Crippen LogP contribution in [-0.4, -0.2) is 24.9 Å². The Morgan fingerprint density at radius 1 is 1.31 bits per heavy atom. The maximum Gasteiger partial charge on any atom is 0.163 e. The Balaban J connectivity index is 2.39. The van der Waals surface area contributed by atoms with Crippen LogP contribution in [0.15, 0.2) is 18.6 Å². The molecule has 6 heteroatoms. The van der Waals surface area contributed by atoms with Gasteiger partial charge >= 0.3 is 0 Å². The number of hydrogen-bond donors (Lipinski definition) is 1. The van der Waals surface area contributed by atoms with Gasteiger partial charge in [-0.1, -0.05) is 11.6 Å². The average Bonchev–Trinajstić information content (AvgIpc) is 2.59. The van der Waals surface area contributed by atoms with Gasteiger partial charge in [0.15, 0.2) is 11.9 Å². The van der Waals surface area contributed by atoms with Crippen molar-refractivity contribution in [3.63, 3.8) is 0 Å². The van der Waals surface area contributed by atoms with Gasteiger partial charge < -0.3 is 5.11 Å². The van der Waals surface area contributed by atoms with Crippen LogP contribution in [0.3, 0.4) is 0 Å². The third-order valence-corrected chi connectivity index (χ3v) is 2.53. The summed E-state index contributed by atoms with van der Waals surface area (Å²) in [6.45, 7) is 1.88. The molecule has 2 aromatic heterocycles. The minimum absolute atomic E-state index is 0.316. The van der Waals surface area contributed by atoms with Crippen molar-refractivity contribution in [2.24, 2.45) is 7.05 Å². The molecule has 2 heterocycles. The van der Waals surface area contributed by atoms with Gasteiger partial charge in [0.25, 0.3) is 0 Å². The lowest BCUT2D eigenvalue weighted by Crippen LogP contribution is -2.10. The fourth-order valence-electron chi connectivity index (χ4n) is 1.39. The van der Waals surface area contributed by atoms with E-state index in [0.717, 1.165) is 5.56 Å². The van der Waals surface area contributed by atoms with E-state index in [1.165, 1.54) is 10.9 Å². The van der Waals surface area contributed by atoms with E-state index in [1.54, 1.807) is 19.4 Å². The molecule has 0 bridgehead atoms. The quantitative estimate of drug-likeness (QED) is 0.856. The van der Waals surface area contributed by atoms with Crippen molar-refractivity contribution in [3.05, 3.63) is 40.7 Å². The Hall–Kier alpha value is -1.46. The highest BCUT2D eigenvalue weighted by atomic mass is 35.5. The fraction of sp³-hybridized carbons (Fsp3) is 0.300. The monoisotopic (exact) mass is 238 g/mol. The Labute approximate surface area is 97.7 Å². The highest BCUT2D eigenvalue weighted by Gasteiger charge is 2.20. The normalized spacial score (nSPS) is 12.8. The Morgan fingerprint density at radius 2 is 1.94 bits per heavy atom. The lowest BCUT2D eigenvalue weighted by atomic mass is 10.2. The number of rotatable bonds is 2. The zero-order valence-electron chi connectivity index (χ0n) is 8.92. The summed E-state index contributed by atoms with van der Waals surface area (Å²) in [7, 11) is 1.71. The van der Waals surface area contributed by atoms with Gasteiger partial charge in [-0.25, -0.2) is 9.97 Å². The van der Waals surface area contributed by atoms with Gasteiger partial charge in [0, 0.05) is 19.4 Å². The van der Waals surface area contributed by atoms with E-state index < -0.39 is 6.10 Å². The van der Waals surface area contributed by atoms with Gasteiger partial charge in [0.1, 0.15) is 0 Å². The van der Waals surface area contributed by atoms with Gasteiger partial charge in [-0.15, -0.1) is 0 Å². The Kier molecular flexibility index (Phi) is 2.89. The third-order valence-electron chi connectivity index (χ3n) is 2.24. The molecule has 0 saturated carbocycles. The van der Waals surface area contributed by atoms with Crippen LogP contribution in [-0.2, 0) is 7.05 Å². The van der Waals surface area contributed by atoms with Crippen LogP contribution in [0.5, 0.6) is 0 Å². The Morgan fingerprint density at radius 3 is 2.44 bits per heavy atom. The standard InChI is InChI=1S/C10H11ClN4O/c1-6-3-12-10(13-4-6)9(16)8-7(11)5-14-15(8)2/h3-5,9,16H,1-2H3. The number of halogens is 1. The molecule has 0 spiro atoms. The number of nitrogens with zero attached hydrogens (tertiary/aromatic N) is 4. The summed E-state index contributed by atoms with van der Waals surface area (Å²) in [6.07, 6.45) is 3.82. The van der Waals surface area contributed by atoms with Crippen molar-refractivity contribution in [3.8, 4) is 0 Å². The summed E-state index contributed by atoms with van der Waals surface area (Å²) in [5, 5.41) is 14.4. The summed E-state index contributed by atoms with van der Waals surface area (Å²) in [6, 6.07) is 0. The van der Waals surface area contributed by atoms with Crippen molar-refractivity contribution in [1.82, 2.24) is 19.7 Å². The van der Waals surface area contributed by atoms with Crippen molar-refractivity contribution in [1.29, 1.82) is 0 Å². The first-order valence-electron chi connectivity index (χ1n) is 4.73. The largest absolute Gasteiger partial charge is 0.379 e. The topological polar surface area (TPSA) is 63.8 Å². The minimum atomic E-state index is -0.958. The maximum absolute atomic E-state index is 10.1. The average molecular weight is 239 g/mol. The predicted molar refractivity (Wildman–Crippen MR) is 59.0 cm³/mol. The van der Waals surface area contributed by atoms with Crippen LogP contribution in [0.25, 0.3) is 0 Å². The smallest absolute Gasteiger partial charge is 0.163 e. The van der Waals surface area contributed by atoms with E-state index >= 15 is 0 Å². The molecule has 2 aromatic rings. The molecular formula is C10H11ClN4O.